The van der Waals surface area contributed by atoms with E-state index in [-0.39, 0.29) is 17.8 Å². The molecule has 1 saturated heterocycles. The monoisotopic (exact) mass is 391 g/mol. The first-order valence-corrected chi connectivity index (χ1v) is 9.32. The number of nitrogens with one attached hydrogen (secondary N) is 2. The van der Waals surface area contributed by atoms with Crippen molar-refractivity contribution in [1.82, 2.24) is 29.9 Å². The Bertz CT molecular complexity index is 1170. The molecule has 146 valence electrons. The Balaban J connectivity index is 1.26. The molecule has 0 radical (unpaired) electrons. The molecule has 1 atom stereocenters. The average Bonchev–Trinajstić information content (AvgIpc) is 3.48. The Morgan fingerprint density at radius 3 is 2.97 bits per heavy atom. The van der Waals surface area contributed by atoms with Crippen molar-refractivity contribution < 1.29 is 9.18 Å². The van der Waals surface area contributed by atoms with Gasteiger partial charge in [-0.25, -0.2) is 9.37 Å². The molecule has 8 nitrogen and oxygen atoms in total. The second-order valence-corrected chi connectivity index (χ2v) is 7.03. The van der Waals surface area contributed by atoms with Gasteiger partial charge in [0.05, 0.1) is 0 Å². The molecule has 4 aromatic rings. The van der Waals surface area contributed by atoms with Gasteiger partial charge in [0.25, 0.3) is 5.91 Å². The smallest absolute Gasteiger partial charge is 0.267 e. The zero-order chi connectivity index (χ0) is 19.8. The van der Waals surface area contributed by atoms with Crippen molar-refractivity contribution >= 4 is 17.4 Å². The van der Waals surface area contributed by atoms with Crippen molar-refractivity contribution in [2.75, 3.05) is 18.0 Å². The molecule has 5 rings (SSSR count). The number of aromatic amines is 1. The summed E-state index contributed by atoms with van der Waals surface area (Å²) >= 11 is 0. The van der Waals surface area contributed by atoms with Crippen molar-refractivity contribution in [3.8, 4) is 11.1 Å². The molecule has 29 heavy (non-hydrogen) atoms. The third-order valence-electron chi connectivity index (χ3n) is 5.13. The fraction of sp³-hybridized carbons (Fsp3) is 0.200. The molecule has 1 aliphatic heterocycles. The molecule has 2 N–H and O–H groups in total. The summed E-state index contributed by atoms with van der Waals surface area (Å²) in [4.78, 5) is 22.2. The van der Waals surface area contributed by atoms with Gasteiger partial charge in [-0.3, -0.25) is 9.20 Å². The van der Waals surface area contributed by atoms with Gasteiger partial charge in [0.1, 0.15) is 17.8 Å². The van der Waals surface area contributed by atoms with Gasteiger partial charge >= 0.3 is 0 Å². The van der Waals surface area contributed by atoms with Crippen molar-refractivity contribution in [3.63, 3.8) is 0 Å². The van der Waals surface area contributed by atoms with Crippen LogP contribution in [0.3, 0.4) is 0 Å². The number of benzene rings is 1. The molecule has 1 amide bonds. The van der Waals surface area contributed by atoms with Gasteiger partial charge < -0.3 is 15.2 Å². The number of nitrogens with zero attached hydrogens (tertiary/aromatic N) is 5. The molecule has 0 aliphatic carbocycles. The minimum atomic E-state index is -0.288. The molecular weight excluding hydrogens is 373 g/mol. The summed E-state index contributed by atoms with van der Waals surface area (Å²) in [6.07, 6.45) is 7.72. The highest BCUT2D eigenvalue weighted by molar-refractivity contribution is 5.94. The van der Waals surface area contributed by atoms with Crippen LogP contribution < -0.4 is 10.2 Å². The van der Waals surface area contributed by atoms with Crippen LogP contribution in [-0.4, -0.2) is 49.6 Å². The lowest BCUT2D eigenvalue weighted by Crippen LogP contribution is -2.37. The lowest BCUT2D eigenvalue weighted by atomic mass is 10.1. The topological polar surface area (TPSA) is 91.2 Å². The van der Waals surface area contributed by atoms with Gasteiger partial charge in [-0.1, -0.05) is 12.1 Å². The number of carbonyl (C=O) groups is 1. The Hall–Kier alpha value is -3.75. The van der Waals surface area contributed by atoms with E-state index in [1.165, 1.54) is 12.1 Å². The molecular formula is C20H18FN7O. The predicted molar refractivity (Wildman–Crippen MR) is 105 cm³/mol. The second-order valence-electron chi connectivity index (χ2n) is 7.03. The number of hydrogen-bond donors (Lipinski definition) is 2. The summed E-state index contributed by atoms with van der Waals surface area (Å²) in [6.45, 7) is 1.42. The molecule has 1 unspecified atom stereocenters. The molecule has 1 aromatic carbocycles. The number of anilines is 1. The number of rotatable bonds is 4. The van der Waals surface area contributed by atoms with Crippen LogP contribution in [0, 0.1) is 5.82 Å². The maximum Gasteiger partial charge on any atom is 0.267 e. The maximum atomic E-state index is 13.1. The highest BCUT2D eigenvalue weighted by atomic mass is 19.1. The highest BCUT2D eigenvalue weighted by Crippen LogP contribution is 2.23. The van der Waals surface area contributed by atoms with Gasteiger partial charge in [0.2, 0.25) is 5.65 Å². The zero-order valence-corrected chi connectivity index (χ0v) is 15.4. The van der Waals surface area contributed by atoms with E-state index in [1.54, 1.807) is 43.1 Å². The van der Waals surface area contributed by atoms with E-state index in [0.29, 0.717) is 17.9 Å². The molecule has 1 aliphatic rings. The van der Waals surface area contributed by atoms with E-state index in [0.717, 1.165) is 29.9 Å². The Morgan fingerprint density at radius 2 is 2.10 bits per heavy atom. The number of aromatic nitrogens is 5. The summed E-state index contributed by atoms with van der Waals surface area (Å²) in [6, 6.07) is 7.96. The summed E-state index contributed by atoms with van der Waals surface area (Å²) in [5.74, 6) is 0.309. The van der Waals surface area contributed by atoms with Crippen LogP contribution in [0.2, 0.25) is 0 Å². The number of amides is 1. The Labute approximate surface area is 165 Å². The minimum absolute atomic E-state index is 0.00467. The average molecular weight is 391 g/mol. The fourth-order valence-electron chi connectivity index (χ4n) is 3.64. The van der Waals surface area contributed by atoms with Crippen LogP contribution >= 0.6 is 0 Å². The lowest BCUT2D eigenvalue weighted by Gasteiger charge is -2.17. The summed E-state index contributed by atoms with van der Waals surface area (Å²) in [5, 5.41) is 11.1. The zero-order valence-electron chi connectivity index (χ0n) is 15.4. The minimum Gasteiger partial charge on any atom is -0.357 e. The van der Waals surface area contributed by atoms with E-state index in [2.05, 4.69) is 30.4 Å². The lowest BCUT2D eigenvalue weighted by molar-refractivity contribution is 0.0936. The first-order chi connectivity index (χ1) is 14.2. The standard InChI is InChI=1S/C20H18FN7O/c21-15-3-1-13(2-4-15)14-9-17(23-10-14)20(29)25-16-5-7-27(11-16)18-19-26-24-12-28(19)8-6-22-18/h1-4,6,8-10,12,16,23H,5,7,11H2,(H,25,29). The molecule has 4 heterocycles. The normalized spacial score (nSPS) is 16.4. The van der Waals surface area contributed by atoms with Crippen molar-refractivity contribution in [2.45, 2.75) is 12.5 Å². The number of carbonyl (C=O) groups excluding carboxylic acids is 1. The molecule has 9 heteroatoms. The number of H-pyrrole nitrogens is 1. The number of fused-ring (bicyclic) bond motifs is 1. The maximum absolute atomic E-state index is 13.1. The van der Waals surface area contributed by atoms with E-state index in [4.69, 9.17) is 0 Å². The number of hydrogen-bond acceptors (Lipinski definition) is 5. The highest BCUT2D eigenvalue weighted by Gasteiger charge is 2.27. The molecule has 0 bridgehead atoms. The molecule has 3 aromatic heterocycles. The first kappa shape index (κ1) is 17.4. The summed E-state index contributed by atoms with van der Waals surface area (Å²) in [7, 11) is 0. The van der Waals surface area contributed by atoms with Gasteiger partial charge in [-0.2, -0.15) is 0 Å². The van der Waals surface area contributed by atoms with Gasteiger partial charge in [-0.15, -0.1) is 10.2 Å². The van der Waals surface area contributed by atoms with Crippen molar-refractivity contribution in [1.29, 1.82) is 0 Å². The van der Waals surface area contributed by atoms with Crippen molar-refractivity contribution in [2.24, 2.45) is 0 Å². The summed E-state index contributed by atoms with van der Waals surface area (Å²) in [5.41, 5.74) is 2.86. The predicted octanol–water partition coefficient (Wildman–Crippen LogP) is 2.27. The third kappa shape index (κ3) is 3.31. The fourth-order valence-corrected chi connectivity index (χ4v) is 3.64. The number of halogens is 1. The van der Waals surface area contributed by atoms with Crippen molar-refractivity contribution in [3.05, 3.63) is 66.8 Å². The largest absolute Gasteiger partial charge is 0.357 e. The van der Waals surface area contributed by atoms with E-state index in [9.17, 15) is 9.18 Å². The van der Waals surface area contributed by atoms with Crippen LogP contribution in [0.25, 0.3) is 16.8 Å². The Kier molecular flexibility index (Phi) is 4.19. The molecule has 1 fully saturated rings. The van der Waals surface area contributed by atoms with Gasteiger partial charge in [0.15, 0.2) is 5.82 Å². The molecule has 0 saturated carbocycles. The SMILES string of the molecule is O=C(NC1CCN(c2nccn3cnnc23)C1)c1cc(-c2ccc(F)cc2)c[nH]1. The van der Waals surface area contributed by atoms with E-state index >= 15 is 0 Å². The van der Waals surface area contributed by atoms with Crippen LogP contribution in [-0.2, 0) is 0 Å². The molecule has 0 spiro atoms. The second kappa shape index (κ2) is 7.01. The van der Waals surface area contributed by atoms with E-state index in [1.807, 2.05) is 4.40 Å². The Morgan fingerprint density at radius 1 is 1.24 bits per heavy atom. The van der Waals surface area contributed by atoms with Crippen LogP contribution in [0.1, 0.15) is 16.9 Å². The summed E-state index contributed by atoms with van der Waals surface area (Å²) < 4.78 is 14.9. The van der Waals surface area contributed by atoms with E-state index < -0.39 is 0 Å². The van der Waals surface area contributed by atoms with Crippen LogP contribution in [0.5, 0.6) is 0 Å². The van der Waals surface area contributed by atoms with Crippen LogP contribution in [0.15, 0.2) is 55.2 Å². The first-order valence-electron chi connectivity index (χ1n) is 9.32. The van der Waals surface area contributed by atoms with Gasteiger partial charge in [0, 0.05) is 37.7 Å². The van der Waals surface area contributed by atoms with Crippen LogP contribution in [0.4, 0.5) is 10.2 Å². The third-order valence-corrected chi connectivity index (χ3v) is 5.13. The van der Waals surface area contributed by atoms with Gasteiger partial charge in [-0.05, 0) is 35.7 Å². The quantitative estimate of drug-likeness (QED) is 0.557.